The lowest BCUT2D eigenvalue weighted by molar-refractivity contribution is 1.16. The highest BCUT2D eigenvalue weighted by Crippen LogP contribution is 2.29. The molecule has 0 unspecified atom stereocenters. The predicted octanol–water partition coefficient (Wildman–Crippen LogP) is 5.31. The van der Waals surface area contributed by atoms with Gasteiger partial charge in [-0.1, -0.05) is 27.5 Å². The maximum atomic E-state index is 6.16. The van der Waals surface area contributed by atoms with E-state index in [4.69, 9.17) is 11.6 Å². The van der Waals surface area contributed by atoms with E-state index in [1.165, 1.54) is 0 Å². The summed E-state index contributed by atoms with van der Waals surface area (Å²) < 4.78 is 1.05. The summed E-state index contributed by atoms with van der Waals surface area (Å²) in [5.41, 5.74) is 4.13. The molecular formula is C17H14BrClN4. The molecule has 0 saturated carbocycles. The predicted molar refractivity (Wildman–Crippen MR) is 97.2 cm³/mol. The molecule has 6 heteroatoms. The van der Waals surface area contributed by atoms with Crippen LogP contribution in [0.1, 0.15) is 11.1 Å². The minimum Gasteiger partial charge on any atom is -0.340 e. The molecule has 0 aliphatic heterocycles. The van der Waals surface area contributed by atoms with E-state index in [0.717, 1.165) is 26.9 Å². The Labute approximate surface area is 148 Å². The van der Waals surface area contributed by atoms with Crippen molar-refractivity contribution in [3.05, 3.63) is 63.5 Å². The second kappa shape index (κ2) is 6.64. The molecule has 0 radical (unpaired) electrons. The first kappa shape index (κ1) is 15.9. The summed E-state index contributed by atoms with van der Waals surface area (Å²) in [6, 6.07) is 9.54. The first-order valence-electron chi connectivity index (χ1n) is 7.01. The molecule has 2 heterocycles. The summed E-state index contributed by atoms with van der Waals surface area (Å²) in [6.07, 6.45) is 3.41. The third-order valence-corrected chi connectivity index (χ3v) is 4.04. The molecule has 0 aliphatic carbocycles. The molecule has 0 saturated heterocycles. The third-order valence-electron chi connectivity index (χ3n) is 3.38. The van der Waals surface area contributed by atoms with Crippen molar-refractivity contribution in [2.45, 2.75) is 13.8 Å². The number of hydrogen-bond donors (Lipinski definition) is 1. The number of aryl methyl sites for hydroxylation is 2. The molecule has 23 heavy (non-hydrogen) atoms. The van der Waals surface area contributed by atoms with Crippen molar-refractivity contribution in [1.29, 1.82) is 0 Å². The number of hydrogen-bond acceptors (Lipinski definition) is 4. The van der Waals surface area contributed by atoms with Gasteiger partial charge in [-0.15, -0.1) is 0 Å². The average Bonchev–Trinajstić information content (AvgIpc) is 2.51. The molecule has 0 spiro atoms. The number of anilines is 2. The molecule has 0 fully saturated rings. The van der Waals surface area contributed by atoms with Crippen molar-refractivity contribution in [3.63, 3.8) is 0 Å². The Morgan fingerprint density at radius 3 is 2.30 bits per heavy atom. The van der Waals surface area contributed by atoms with Crippen molar-refractivity contribution < 1.29 is 0 Å². The van der Waals surface area contributed by atoms with Crippen molar-refractivity contribution in [1.82, 2.24) is 15.0 Å². The van der Waals surface area contributed by atoms with Crippen LogP contribution in [-0.2, 0) is 0 Å². The van der Waals surface area contributed by atoms with E-state index < -0.39 is 0 Å². The van der Waals surface area contributed by atoms with Crippen LogP contribution in [0.2, 0.25) is 5.15 Å². The first-order valence-corrected chi connectivity index (χ1v) is 8.19. The highest BCUT2D eigenvalue weighted by molar-refractivity contribution is 9.10. The molecule has 0 atom stereocenters. The van der Waals surface area contributed by atoms with Crippen molar-refractivity contribution >= 4 is 39.0 Å². The normalized spacial score (nSPS) is 10.6. The fourth-order valence-corrected chi connectivity index (χ4v) is 3.22. The largest absolute Gasteiger partial charge is 0.340 e. The highest BCUT2D eigenvalue weighted by atomic mass is 79.9. The molecular weight excluding hydrogens is 376 g/mol. The van der Waals surface area contributed by atoms with Gasteiger partial charge < -0.3 is 5.32 Å². The monoisotopic (exact) mass is 388 g/mol. The van der Waals surface area contributed by atoms with E-state index in [1.807, 2.05) is 26.0 Å². The lowest BCUT2D eigenvalue weighted by Crippen LogP contribution is -2.01. The second-order valence-electron chi connectivity index (χ2n) is 5.17. The number of benzene rings is 1. The van der Waals surface area contributed by atoms with Gasteiger partial charge in [-0.3, -0.25) is 4.98 Å². The Morgan fingerprint density at radius 2 is 1.65 bits per heavy atom. The number of halogens is 2. The third kappa shape index (κ3) is 3.68. The van der Waals surface area contributed by atoms with Gasteiger partial charge in [0.15, 0.2) is 5.82 Å². The SMILES string of the molecule is Cc1cc(Br)cc(C)c1Nc1cc(Cl)nc(-c2ccncc2)n1. The Bertz CT molecular complexity index is 829. The number of pyridine rings is 1. The topological polar surface area (TPSA) is 50.7 Å². The quantitative estimate of drug-likeness (QED) is 0.616. The summed E-state index contributed by atoms with van der Waals surface area (Å²) in [5.74, 6) is 1.22. The standard InChI is InChI=1S/C17H14BrClN4/c1-10-7-13(18)8-11(2)16(10)22-15-9-14(19)21-17(23-15)12-3-5-20-6-4-12/h3-9H,1-2H3,(H,21,22,23). The van der Waals surface area contributed by atoms with Gasteiger partial charge in [-0.05, 0) is 49.2 Å². The van der Waals surface area contributed by atoms with Crippen molar-refractivity contribution in [2.75, 3.05) is 5.32 Å². The molecule has 0 aliphatic rings. The van der Waals surface area contributed by atoms with Crippen LogP contribution >= 0.6 is 27.5 Å². The van der Waals surface area contributed by atoms with Gasteiger partial charge in [-0.25, -0.2) is 9.97 Å². The summed E-state index contributed by atoms with van der Waals surface area (Å²) in [6.45, 7) is 4.10. The molecule has 3 rings (SSSR count). The molecule has 0 bridgehead atoms. The average molecular weight is 390 g/mol. The number of rotatable bonds is 3. The Morgan fingerprint density at radius 1 is 1.00 bits per heavy atom. The van der Waals surface area contributed by atoms with Crippen LogP contribution in [-0.4, -0.2) is 15.0 Å². The smallest absolute Gasteiger partial charge is 0.163 e. The Kier molecular flexibility index (Phi) is 4.59. The van der Waals surface area contributed by atoms with Crippen LogP contribution in [0.5, 0.6) is 0 Å². The van der Waals surface area contributed by atoms with Crippen LogP contribution in [0.25, 0.3) is 11.4 Å². The van der Waals surface area contributed by atoms with Gasteiger partial charge in [0.05, 0.1) is 0 Å². The summed E-state index contributed by atoms with van der Waals surface area (Å²) >= 11 is 9.66. The maximum Gasteiger partial charge on any atom is 0.163 e. The molecule has 2 aromatic heterocycles. The van der Waals surface area contributed by atoms with E-state index >= 15 is 0 Å². The van der Waals surface area contributed by atoms with Gasteiger partial charge in [0, 0.05) is 34.2 Å². The Balaban J connectivity index is 2.00. The van der Waals surface area contributed by atoms with Gasteiger partial charge in [0.2, 0.25) is 0 Å². The van der Waals surface area contributed by atoms with E-state index in [9.17, 15) is 0 Å². The molecule has 3 aromatic rings. The lowest BCUT2D eigenvalue weighted by Gasteiger charge is -2.13. The maximum absolute atomic E-state index is 6.16. The molecule has 0 amide bonds. The van der Waals surface area contributed by atoms with Crippen LogP contribution < -0.4 is 5.32 Å². The van der Waals surface area contributed by atoms with Gasteiger partial charge in [0.1, 0.15) is 11.0 Å². The molecule has 1 N–H and O–H groups in total. The number of nitrogens with zero attached hydrogens (tertiary/aromatic N) is 3. The number of aromatic nitrogens is 3. The zero-order chi connectivity index (χ0) is 16.4. The van der Waals surface area contributed by atoms with Gasteiger partial charge >= 0.3 is 0 Å². The van der Waals surface area contributed by atoms with Crippen LogP contribution in [0.4, 0.5) is 11.5 Å². The van der Waals surface area contributed by atoms with E-state index in [2.05, 4.69) is 48.3 Å². The summed E-state index contributed by atoms with van der Waals surface area (Å²) in [4.78, 5) is 12.8. The second-order valence-corrected chi connectivity index (χ2v) is 6.48. The van der Waals surface area contributed by atoms with E-state index in [0.29, 0.717) is 16.8 Å². The molecule has 4 nitrogen and oxygen atoms in total. The number of nitrogens with one attached hydrogen (secondary N) is 1. The van der Waals surface area contributed by atoms with E-state index in [1.54, 1.807) is 18.5 Å². The van der Waals surface area contributed by atoms with Crippen LogP contribution in [0, 0.1) is 13.8 Å². The molecule has 1 aromatic carbocycles. The Hall–Kier alpha value is -1.98. The minimum absolute atomic E-state index is 0.390. The lowest BCUT2D eigenvalue weighted by atomic mass is 10.1. The summed E-state index contributed by atoms with van der Waals surface area (Å²) in [5, 5.41) is 3.74. The highest BCUT2D eigenvalue weighted by Gasteiger charge is 2.09. The fraction of sp³-hybridized carbons (Fsp3) is 0.118. The van der Waals surface area contributed by atoms with Crippen molar-refractivity contribution in [2.24, 2.45) is 0 Å². The van der Waals surface area contributed by atoms with Gasteiger partial charge in [0.25, 0.3) is 0 Å². The van der Waals surface area contributed by atoms with Crippen LogP contribution in [0.15, 0.2) is 47.2 Å². The van der Waals surface area contributed by atoms with Crippen LogP contribution in [0.3, 0.4) is 0 Å². The van der Waals surface area contributed by atoms with E-state index in [-0.39, 0.29) is 0 Å². The summed E-state index contributed by atoms with van der Waals surface area (Å²) in [7, 11) is 0. The first-order chi connectivity index (χ1) is 11.0. The fourth-order valence-electron chi connectivity index (χ4n) is 2.35. The zero-order valence-electron chi connectivity index (χ0n) is 12.6. The minimum atomic E-state index is 0.390. The zero-order valence-corrected chi connectivity index (χ0v) is 15.0. The molecule has 116 valence electrons. The van der Waals surface area contributed by atoms with Gasteiger partial charge in [-0.2, -0.15) is 0 Å². The van der Waals surface area contributed by atoms with Crippen molar-refractivity contribution in [3.8, 4) is 11.4 Å².